The molecule has 0 bridgehead atoms. The van der Waals surface area contributed by atoms with Gasteiger partial charge in [0.15, 0.2) is 0 Å². The van der Waals surface area contributed by atoms with Gasteiger partial charge in [-0.05, 0) is 50.3 Å². The molecule has 116 valence electrons. The monoisotopic (exact) mass is 290 g/mol. The molecule has 0 aliphatic carbocycles. The van der Waals surface area contributed by atoms with Gasteiger partial charge >= 0.3 is 0 Å². The molecule has 2 fully saturated rings. The Hall–Kier alpha value is -1.36. The first-order valence-electron chi connectivity index (χ1n) is 8.14. The Morgan fingerprint density at radius 3 is 2.67 bits per heavy atom. The maximum absolute atomic E-state index is 11.5. The van der Waals surface area contributed by atoms with Crippen LogP contribution in [0, 0.1) is 11.8 Å². The van der Waals surface area contributed by atoms with E-state index < -0.39 is 0 Å². The predicted octanol–water partition coefficient (Wildman–Crippen LogP) is 1.46. The Morgan fingerprint density at radius 1 is 1.19 bits per heavy atom. The van der Waals surface area contributed by atoms with E-state index in [0.29, 0.717) is 11.8 Å². The molecule has 3 rings (SSSR count). The molecule has 21 heavy (non-hydrogen) atoms. The SMILES string of the molecule is CN1CC(CN2CCC(Cn3cccn3)CC2)CCC1=O. The lowest BCUT2D eigenvalue weighted by molar-refractivity contribution is -0.133. The zero-order chi connectivity index (χ0) is 14.7. The Balaban J connectivity index is 1.40. The lowest BCUT2D eigenvalue weighted by Gasteiger charge is -2.37. The molecule has 5 nitrogen and oxygen atoms in total. The van der Waals surface area contributed by atoms with Gasteiger partial charge < -0.3 is 9.80 Å². The summed E-state index contributed by atoms with van der Waals surface area (Å²) < 4.78 is 2.06. The van der Waals surface area contributed by atoms with E-state index in [0.717, 1.165) is 38.4 Å². The molecule has 3 heterocycles. The molecule has 1 unspecified atom stereocenters. The second kappa shape index (κ2) is 6.60. The molecule has 1 aromatic rings. The molecule has 0 radical (unpaired) electrons. The van der Waals surface area contributed by atoms with Crippen molar-refractivity contribution in [2.45, 2.75) is 32.2 Å². The van der Waals surface area contributed by atoms with Crippen molar-refractivity contribution in [2.24, 2.45) is 11.8 Å². The normalized spacial score (nSPS) is 25.5. The number of aromatic nitrogens is 2. The fourth-order valence-electron chi connectivity index (χ4n) is 3.64. The number of hydrogen-bond acceptors (Lipinski definition) is 3. The van der Waals surface area contributed by atoms with Crippen molar-refractivity contribution in [3.63, 3.8) is 0 Å². The van der Waals surface area contributed by atoms with E-state index in [1.54, 1.807) is 0 Å². The highest BCUT2D eigenvalue weighted by Gasteiger charge is 2.26. The van der Waals surface area contributed by atoms with Crippen molar-refractivity contribution in [2.75, 3.05) is 33.2 Å². The van der Waals surface area contributed by atoms with E-state index in [-0.39, 0.29) is 0 Å². The quantitative estimate of drug-likeness (QED) is 0.843. The van der Waals surface area contributed by atoms with Crippen molar-refractivity contribution < 1.29 is 4.79 Å². The van der Waals surface area contributed by atoms with Crippen molar-refractivity contribution in [3.05, 3.63) is 18.5 Å². The molecule has 0 aromatic carbocycles. The van der Waals surface area contributed by atoms with Gasteiger partial charge in [0.2, 0.25) is 5.91 Å². The third-order valence-electron chi connectivity index (χ3n) is 4.95. The standard InChI is InChI=1S/C16H26N4O/c1-18-11-15(3-4-16(18)21)12-19-9-5-14(6-10-19)13-20-8-2-7-17-20/h2,7-8,14-15H,3-6,9-13H2,1H3. The summed E-state index contributed by atoms with van der Waals surface area (Å²) in [6.45, 7) is 5.54. The average molecular weight is 290 g/mol. The average Bonchev–Trinajstić information content (AvgIpc) is 2.98. The van der Waals surface area contributed by atoms with Gasteiger partial charge in [0.05, 0.1) is 0 Å². The van der Waals surface area contributed by atoms with Crippen LogP contribution in [-0.4, -0.2) is 58.7 Å². The van der Waals surface area contributed by atoms with Crippen LogP contribution in [0.4, 0.5) is 0 Å². The van der Waals surface area contributed by atoms with Gasteiger partial charge in [-0.15, -0.1) is 0 Å². The lowest BCUT2D eigenvalue weighted by atomic mass is 9.93. The predicted molar refractivity (Wildman–Crippen MR) is 81.8 cm³/mol. The summed E-state index contributed by atoms with van der Waals surface area (Å²) in [4.78, 5) is 16.0. The first-order chi connectivity index (χ1) is 10.2. The van der Waals surface area contributed by atoms with E-state index in [1.807, 2.05) is 24.2 Å². The number of hydrogen-bond donors (Lipinski definition) is 0. The van der Waals surface area contributed by atoms with Gasteiger partial charge in [-0.1, -0.05) is 0 Å². The number of nitrogens with zero attached hydrogens (tertiary/aromatic N) is 4. The van der Waals surface area contributed by atoms with E-state index in [1.165, 1.54) is 25.9 Å². The summed E-state index contributed by atoms with van der Waals surface area (Å²) in [6.07, 6.45) is 8.24. The lowest BCUT2D eigenvalue weighted by Crippen LogP contribution is -2.44. The third kappa shape index (κ3) is 3.84. The minimum Gasteiger partial charge on any atom is -0.345 e. The molecule has 1 amide bonds. The first-order valence-corrected chi connectivity index (χ1v) is 8.14. The first kappa shape index (κ1) is 14.6. The van der Waals surface area contributed by atoms with Gasteiger partial charge in [0, 0.05) is 45.5 Å². The minimum atomic E-state index is 0.309. The number of rotatable bonds is 4. The Labute approximate surface area is 126 Å². The molecule has 1 aromatic heterocycles. The topological polar surface area (TPSA) is 41.4 Å². The Bertz CT molecular complexity index is 451. The largest absolute Gasteiger partial charge is 0.345 e. The van der Waals surface area contributed by atoms with Crippen molar-refractivity contribution >= 4 is 5.91 Å². The fraction of sp³-hybridized carbons (Fsp3) is 0.750. The minimum absolute atomic E-state index is 0.309. The summed E-state index contributed by atoms with van der Waals surface area (Å²) in [6, 6.07) is 2.00. The summed E-state index contributed by atoms with van der Waals surface area (Å²) in [5.74, 6) is 1.73. The van der Waals surface area contributed by atoms with Crippen molar-refractivity contribution in [1.82, 2.24) is 19.6 Å². The Morgan fingerprint density at radius 2 is 2.00 bits per heavy atom. The molecule has 0 N–H and O–H groups in total. The number of carbonyl (C=O) groups excluding carboxylic acids is 1. The van der Waals surface area contributed by atoms with Gasteiger partial charge in [0.1, 0.15) is 0 Å². The van der Waals surface area contributed by atoms with E-state index in [2.05, 4.69) is 20.9 Å². The molecule has 2 aliphatic rings. The maximum atomic E-state index is 11.5. The molecule has 2 saturated heterocycles. The molecule has 1 atom stereocenters. The summed E-state index contributed by atoms with van der Waals surface area (Å²) in [5, 5.41) is 4.30. The van der Waals surface area contributed by atoms with Crippen LogP contribution in [-0.2, 0) is 11.3 Å². The number of piperidine rings is 2. The van der Waals surface area contributed by atoms with E-state index in [9.17, 15) is 4.79 Å². The van der Waals surface area contributed by atoms with Crippen LogP contribution in [0.25, 0.3) is 0 Å². The second-order valence-electron chi connectivity index (χ2n) is 6.65. The van der Waals surface area contributed by atoms with E-state index >= 15 is 0 Å². The highest BCUT2D eigenvalue weighted by molar-refractivity contribution is 5.76. The highest BCUT2D eigenvalue weighted by atomic mass is 16.2. The summed E-state index contributed by atoms with van der Waals surface area (Å²) in [5.41, 5.74) is 0. The van der Waals surface area contributed by atoms with Crippen LogP contribution < -0.4 is 0 Å². The van der Waals surface area contributed by atoms with Crippen molar-refractivity contribution in [1.29, 1.82) is 0 Å². The van der Waals surface area contributed by atoms with Gasteiger partial charge in [-0.2, -0.15) is 5.10 Å². The molecule has 2 aliphatic heterocycles. The van der Waals surface area contributed by atoms with Crippen LogP contribution in [0.15, 0.2) is 18.5 Å². The number of carbonyl (C=O) groups is 1. The van der Waals surface area contributed by atoms with Crippen LogP contribution >= 0.6 is 0 Å². The maximum Gasteiger partial charge on any atom is 0.222 e. The van der Waals surface area contributed by atoms with E-state index in [4.69, 9.17) is 0 Å². The molecule has 0 spiro atoms. The van der Waals surface area contributed by atoms with Crippen LogP contribution in [0.5, 0.6) is 0 Å². The summed E-state index contributed by atoms with van der Waals surface area (Å²) in [7, 11) is 1.94. The smallest absolute Gasteiger partial charge is 0.222 e. The second-order valence-corrected chi connectivity index (χ2v) is 6.65. The van der Waals surface area contributed by atoms with Crippen LogP contribution in [0.1, 0.15) is 25.7 Å². The molecular weight excluding hydrogens is 264 g/mol. The number of amides is 1. The highest BCUT2D eigenvalue weighted by Crippen LogP contribution is 2.22. The molecular formula is C16H26N4O. The zero-order valence-electron chi connectivity index (χ0n) is 12.9. The van der Waals surface area contributed by atoms with Crippen LogP contribution in [0.3, 0.4) is 0 Å². The van der Waals surface area contributed by atoms with Gasteiger partial charge in [-0.3, -0.25) is 9.48 Å². The Kier molecular flexibility index (Phi) is 4.58. The molecule has 0 saturated carbocycles. The number of likely N-dealkylation sites (tertiary alicyclic amines) is 2. The molecule has 5 heteroatoms. The van der Waals surface area contributed by atoms with Gasteiger partial charge in [0.25, 0.3) is 0 Å². The fourth-order valence-corrected chi connectivity index (χ4v) is 3.64. The zero-order valence-corrected chi connectivity index (χ0v) is 12.9. The van der Waals surface area contributed by atoms with Gasteiger partial charge in [-0.25, -0.2) is 0 Å². The van der Waals surface area contributed by atoms with Crippen LogP contribution in [0.2, 0.25) is 0 Å². The third-order valence-corrected chi connectivity index (χ3v) is 4.95. The van der Waals surface area contributed by atoms with Crippen molar-refractivity contribution in [3.8, 4) is 0 Å². The summed E-state index contributed by atoms with van der Waals surface area (Å²) >= 11 is 0.